The third kappa shape index (κ3) is 6.04. The molecule has 2 atom stereocenters. The minimum atomic E-state index is 0.0101. The fourth-order valence-corrected chi connectivity index (χ4v) is 4.25. The molecule has 1 aliphatic heterocycles. The highest BCUT2D eigenvalue weighted by molar-refractivity contribution is 6.09. The number of amidine groups is 1. The Balaban J connectivity index is 1.98. The summed E-state index contributed by atoms with van der Waals surface area (Å²) in [5.41, 5.74) is 3.35. The van der Waals surface area contributed by atoms with Gasteiger partial charge in [-0.25, -0.2) is 0 Å². The second-order valence-corrected chi connectivity index (χ2v) is 8.21. The normalized spacial score (nSPS) is 18.7. The summed E-state index contributed by atoms with van der Waals surface area (Å²) in [7, 11) is 5.41. The number of nitrogens with zero attached hydrogens (tertiary/aromatic N) is 3. The molecule has 0 saturated carbocycles. The Bertz CT molecular complexity index is 1060. The molecule has 178 valence electrons. The maximum Gasteiger partial charge on any atom is 0.155 e. The number of ether oxygens (including phenoxy) is 2. The van der Waals surface area contributed by atoms with E-state index >= 15 is 0 Å². The highest BCUT2D eigenvalue weighted by atomic mass is 16.5. The molecule has 1 aromatic rings. The van der Waals surface area contributed by atoms with Gasteiger partial charge < -0.3 is 14.4 Å². The second-order valence-electron chi connectivity index (χ2n) is 8.21. The van der Waals surface area contributed by atoms with Crippen LogP contribution >= 0.6 is 0 Å². The summed E-state index contributed by atoms with van der Waals surface area (Å²) in [5, 5.41) is 9.44. The van der Waals surface area contributed by atoms with Crippen LogP contribution in [0.3, 0.4) is 0 Å². The minimum absolute atomic E-state index is 0.0101. The molecule has 0 saturated heterocycles. The smallest absolute Gasteiger partial charge is 0.155 e. The first kappa shape index (κ1) is 25.0. The summed E-state index contributed by atoms with van der Waals surface area (Å²) >= 11 is 0. The average molecular weight is 458 g/mol. The zero-order chi connectivity index (χ0) is 24.3. The zero-order valence-corrected chi connectivity index (χ0v) is 20.6. The van der Waals surface area contributed by atoms with Crippen molar-refractivity contribution in [3.05, 3.63) is 108 Å². The van der Waals surface area contributed by atoms with Gasteiger partial charge in [-0.3, -0.25) is 0 Å². The molecule has 0 bridgehead atoms. The average Bonchev–Trinajstić information content (AvgIpc) is 3.13. The third-order valence-corrected chi connectivity index (χ3v) is 6.01. The first-order chi connectivity index (χ1) is 16.6. The number of fused-ring (bicyclic) bond motifs is 1. The van der Waals surface area contributed by atoms with E-state index in [2.05, 4.69) is 80.1 Å². The molecular weight excluding hydrogens is 422 g/mol. The van der Waals surface area contributed by atoms with Gasteiger partial charge in [0.15, 0.2) is 5.84 Å². The van der Waals surface area contributed by atoms with E-state index in [1.165, 1.54) is 5.56 Å². The Hall–Kier alpha value is -3.60. The standard InChI is InChI=1S/C29H35N3O2/c1-6-14-23(33-4)20-24(34-5)21-27-25-18-12-9-13-19-26(25)29(31-30-27)32(3)28(15-7-2)22-16-10-8-11-17-22/h6,8-14,16-20,25,28H,1,7,15,21H2,2-5H3/b23-14+,24-20+. The lowest BCUT2D eigenvalue weighted by Crippen LogP contribution is -2.37. The van der Waals surface area contributed by atoms with Gasteiger partial charge in [0.05, 0.1) is 26.0 Å². The predicted molar refractivity (Wildman–Crippen MR) is 142 cm³/mol. The third-order valence-electron chi connectivity index (χ3n) is 6.01. The molecule has 1 aliphatic carbocycles. The molecule has 0 spiro atoms. The van der Waals surface area contributed by atoms with Gasteiger partial charge in [-0.15, -0.1) is 5.10 Å². The molecule has 0 amide bonds. The van der Waals surface area contributed by atoms with Crippen molar-refractivity contribution in [1.82, 2.24) is 4.90 Å². The summed E-state index contributed by atoms with van der Waals surface area (Å²) in [6, 6.07) is 10.8. The lowest BCUT2D eigenvalue weighted by Gasteiger charge is -2.35. The van der Waals surface area contributed by atoms with Crippen LogP contribution in [0.1, 0.15) is 37.8 Å². The number of hydrogen-bond acceptors (Lipinski definition) is 5. The highest BCUT2D eigenvalue weighted by Crippen LogP contribution is 2.32. The van der Waals surface area contributed by atoms with Crippen molar-refractivity contribution < 1.29 is 9.47 Å². The number of hydrogen-bond donors (Lipinski definition) is 0. The molecule has 2 aliphatic rings. The maximum absolute atomic E-state index is 5.65. The summed E-state index contributed by atoms with van der Waals surface area (Å²) in [6.07, 6.45) is 18.5. The molecule has 5 heteroatoms. The van der Waals surface area contributed by atoms with Crippen molar-refractivity contribution >= 4 is 11.5 Å². The van der Waals surface area contributed by atoms with Crippen molar-refractivity contribution in [3.63, 3.8) is 0 Å². The molecule has 0 radical (unpaired) electrons. The molecular formula is C29H35N3O2. The van der Waals surface area contributed by atoms with Crippen molar-refractivity contribution in [2.75, 3.05) is 21.3 Å². The van der Waals surface area contributed by atoms with Crippen LogP contribution in [-0.4, -0.2) is 37.7 Å². The Morgan fingerprint density at radius 2 is 1.91 bits per heavy atom. The van der Waals surface area contributed by atoms with E-state index in [1.54, 1.807) is 26.4 Å². The molecule has 0 N–H and O–H groups in total. The Labute approximate surface area is 203 Å². The van der Waals surface area contributed by atoms with Gasteiger partial charge in [0.25, 0.3) is 0 Å². The molecule has 34 heavy (non-hydrogen) atoms. The molecule has 2 unspecified atom stereocenters. The van der Waals surface area contributed by atoms with Crippen molar-refractivity contribution in [1.29, 1.82) is 0 Å². The van der Waals surface area contributed by atoms with Gasteiger partial charge in [-0.05, 0) is 18.1 Å². The second kappa shape index (κ2) is 12.6. The summed E-state index contributed by atoms with van der Waals surface area (Å²) in [5.74, 6) is 2.33. The fourth-order valence-electron chi connectivity index (χ4n) is 4.25. The van der Waals surface area contributed by atoms with Crippen LogP contribution in [-0.2, 0) is 9.47 Å². The van der Waals surface area contributed by atoms with E-state index in [4.69, 9.17) is 19.7 Å². The Morgan fingerprint density at radius 1 is 1.12 bits per heavy atom. The maximum atomic E-state index is 5.65. The van der Waals surface area contributed by atoms with Gasteiger partial charge in [0.1, 0.15) is 11.5 Å². The summed E-state index contributed by atoms with van der Waals surface area (Å²) in [6.45, 7) is 5.96. The molecule has 1 aromatic carbocycles. The van der Waals surface area contributed by atoms with Crippen LogP contribution in [0.4, 0.5) is 0 Å². The van der Waals surface area contributed by atoms with E-state index in [-0.39, 0.29) is 12.0 Å². The Kier molecular flexibility index (Phi) is 9.27. The number of rotatable bonds is 10. The van der Waals surface area contributed by atoms with E-state index in [0.29, 0.717) is 12.2 Å². The number of methoxy groups -OCH3 is 2. The zero-order valence-electron chi connectivity index (χ0n) is 20.6. The minimum Gasteiger partial charge on any atom is -0.501 e. The van der Waals surface area contributed by atoms with Gasteiger partial charge in [0.2, 0.25) is 0 Å². The molecule has 5 nitrogen and oxygen atoms in total. The Morgan fingerprint density at radius 3 is 2.59 bits per heavy atom. The van der Waals surface area contributed by atoms with Crippen LogP contribution in [0, 0.1) is 5.92 Å². The van der Waals surface area contributed by atoms with E-state index in [9.17, 15) is 0 Å². The number of benzene rings is 1. The lowest BCUT2D eigenvalue weighted by atomic mass is 9.88. The first-order valence-corrected chi connectivity index (χ1v) is 11.7. The number of allylic oxidation sites excluding steroid dienone is 9. The van der Waals surface area contributed by atoms with Crippen LogP contribution in [0.2, 0.25) is 0 Å². The lowest BCUT2D eigenvalue weighted by molar-refractivity contribution is 0.272. The fraction of sp³-hybridized carbons (Fsp3) is 0.310. The van der Waals surface area contributed by atoms with Crippen LogP contribution in [0.15, 0.2) is 113 Å². The number of likely N-dealkylation sites (N-methyl/N-ethyl adjacent to an activating group) is 1. The first-order valence-electron chi connectivity index (χ1n) is 11.7. The molecule has 0 aromatic heterocycles. The van der Waals surface area contributed by atoms with Crippen molar-refractivity contribution in [2.45, 2.75) is 32.2 Å². The molecule has 1 heterocycles. The molecule has 3 rings (SSSR count). The van der Waals surface area contributed by atoms with Gasteiger partial charge in [-0.1, -0.05) is 86.7 Å². The monoisotopic (exact) mass is 457 g/mol. The van der Waals surface area contributed by atoms with Gasteiger partial charge in [-0.2, -0.15) is 5.10 Å². The van der Waals surface area contributed by atoms with Crippen LogP contribution < -0.4 is 0 Å². The quantitative estimate of drug-likeness (QED) is 0.296. The van der Waals surface area contributed by atoms with Gasteiger partial charge >= 0.3 is 0 Å². The predicted octanol–water partition coefficient (Wildman–Crippen LogP) is 6.53. The summed E-state index contributed by atoms with van der Waals surface area (Å²) in [4.78, 5) is 2.27. The van der Waals surface area contributed by atoms with E-state index in [1.807, 2.05) is 12.2 Å². The van der Waals surface area contributed by atoms with Gasteiger partial charge in [0, 0.05) is 31.0 Å². The SMILES string of the molecule is C=C/C=C(\C=C(/CC1=NN=C(N(C)C(CCC)c2ccccc2)C2=CC=CC=CC21)OC)OC. The highest BCUT2D eigenvalue weighted by Gasteiger charge is 2.31. The topological polar surface area (TPSA) is 46.4 Å². The van der Waals surface area contributed by atoms with E-state index in [0.717, 1.165) is 35.7 Å². The van der Waals surface area contributed by atoms with Crippen molar-refractivity contribution in [2.24, 2.45) is 16.1 Å². The molecule has 0 fully saturated rings. The van der Waals surface area contributed by atoms with Crippen LogP contribution in [0.25, 0.3) is 0 Å². The van der Waals surface area contributed by atoms with Crippen molar-refractivity contribution in [3.8, 4) is 0 Å². The van der Waals surface area contributed by atoms with E-state index < -0.39 is 0 Å². The summed E-state index contributed by atoms with van der Waals surface area (Å²) < 4.78 is 11.1. The largest absolute Gasteiger partial charge is 0.501 e. The van der Waals surface area contributed by atoms with Crippen LogP contribution in [0.5, 0.6) is 0 Å².